The maximum absolute atomic E-state index is 10.3. The number of aromatic hydroxyl groups is 1. The molecule has 0 radical (unpaired) electrons. The Labute approximate surface area is 147 Å². The minimum atomic E-state index is 0.212. The monoisotopic (exact) mass is 379 g/mol. The summed E-state index contributed by atoms with van der Waals surface area (Å²) in [6, 6.07) is 19.3. The van der Waals surface area contributed by atoms with E-state index >= 15 is 0 Å². The zero-order valence-electron chi connectivity index (χ0n) is 13.0. The Kier molecular flexibility index (Phi) is 3.62. The van der Waals surface area contributed by atoms with Crippen molar-refractivity contribution < 1.29 is 9.84 Å². The summed E-state index contributed by atoms with van der Waals surface area (Å²) in [6.07, 6.45) is 0. The first-order valence-electron chi connectivity index (χ1n) is 7.53. The zero-order valence-corrected chi connectivity index (χ0v) is 14.5. The molecule has 0 aliphatic rings. The van der Waals surface area contributed by atoms with Crippen LogP contribution in [0, 0.1) is 0 Å². The van der Waals surface area contributed by atoms with E-state index in [4.69, 9.17) is 9.72 Å². The Hall–Kier alpha value is -2.59. The molecule has 0 aliphatic heterocycles. The van der Waals surface area contributed by atoms with Gasteiger partial charge in [0.05, 0.1) is 18.3 Å². The summed E-state index contributed by atoms with van der Waals surface area (Å²) < 4.78 is 6.25. The van der Waals surface area contributed by atoms with Crippen molar-refractivity contribution in [3.8, 4) is 22.8 Å². The van der Waals surface area contributed by atoms with Crippen LogP contribution in [0.25, 0.3) is 32.9 Å². The molecule has 0 spiro atoms. The van der Waals surface area contributed by atoms with E-state index < -0.39 is 0 Å². The molecule has 4 heteroatoms. The van der Waals surface area contributed by atoms with E-state index in [-0.39, 0.29) is 5.75 Å². The van der Waals surface area contributed by atoms with Gasteiger partial charge in [0.15, 0.2) is 0 Å². The average Bonchev–Trinajstić information content (AvgIpc) is 2.62. The summed E-state index contributed by atoms with van der Waals surface area (Å²) in [5.74, 6) is 1.01. The number of ether oxygens (including phenoxy) is 1. The van der Waals surface area contributed by atoms with Crippen molar-refractivity contribution >= 4 is 37.6 Å². The highest BCUT2D eigenvalue weighted by Crippen LogP contribution is 2.38. The van der Waals surface area contributed by atoms with Crippen LogP contribution < -0.4 is 4.74 Å². The van der Waals surface area contributed by atoms with Crippen LogP contribution in [0.1, 0.15) is 0 Å². The number of phenolic OH excluding ortho intramolecular Hbond substituents is 1. The van der Waals surface area contributed by atoms with Gasteiger partial charge in [-0.2, -0.15) is 0 Å². The lowest BCUT2D eigenvalue weighted by Crippen LogP contribution is -1.91. The van der Waals surface area contributed by atoms with Crippen molar-refractivity contribution in [2.24, 2.45) is 0 Å². The lowest BCUT2D eigenvalue weighted by Gasteiger charge is -2.12. The van der Waals surface area contributed by atoms with Gasteiger partial charge in [0.25, 0.3) is 0 Å². The fraction of sp³-hybridized carbons (Fsp3) is 0.0500. The summed E-state index contributed by atoms with van der Waals surface area (Å²) in [7, 11) is 1.66. The van der Waals surface area contributed by atoms with Crippen molar-refractivity contribution in [2.45, 2.75) is 0 Å². The van der Waals surface area contributed by atoms with E-state index in [0.717, 1.165) is 37.6 Å². The van der Waals surface area contributed by atoms with E-state index in [1.807, 2.05) is 48.5 Å². The molecule has 3 aromatic carbocycles. The first kappa shape index (κ1) is 15.0. The number of benzene rings is 3. The molecule has 4 aromatic rings. The molecule has 0 atom stereocenters. The van der Waals surface area contributed by atoms with Gasteiger partial charge in [-0.05, 0) is 41.8 Å². The van der Waals surface area contributed by atoms with Crippen molar-refractivity contribution in [1.29, 1.82) is 0 Å². The summed E-state index contributed by atoms with van der Waals surface area (Å²) >= 11 is 3.47. The van der Waals surface area contributed by atoms with Gasteiger partial charge in [0, 0.05) is 20.8 Å². The van der Waals surface area contributed by atoms with Crippen LogP contribution in [0.4, 0.5) is 0 Å². The number of hydrogen-bond acceptors (Lipinski definition) is 3. The lowest BCUT2D eigenvalue weighted by molar-refractivity contribution is 0.415. The smallest absolute Gasteiger partial charge is 0.125 e. The first-order chi connectivity index (χ1) is 11.7. The van der Waals surface area contributed by atoms with Crippen LogP contribution in [-0.2, 0) is 0 Å². The number of methoxy groups -OCH3 is 1. The molecule has 0 fully saturated rings. The van der Waals surface area contributed by atoms with Crippen LogP contribution in [0.2, 0.25) is 0 Å². The van der Waals surface area contributed by atoms with Gasteiger partial charge in [-0.15, -0.1) is 0 Å². The summed E-state index contributed by atoms with van der Waals surface area (Å²) in [5, 5.41) is 13.4. The average molecular weight is 380 g/mol. The molecule has 4 rings (SSSR count). The molecule has 1 heterocycles. The molecule has 24 heavy (non-hydrogen) atoms. The number of halogens is 1. The molecule has 1 aromatic heterocycles. The van der Waals surface area contributed by atoms with Crippen molar-refractivity contribution in [3.05, 3.63) is 65.1 Å². The van der Waals surface area contributed by atoms with Gasteiger partial charge in [0.1, 0.15) is 11.5 Å². The van der Waals surface area contributed by atoms with Crippen molar-refractivity contribution in [3.63, 3.8) is 0 Å². The van der Waals surface area contributed by atoms with Crippen LogP contribution in [0.3, 0.4) is 0 Å². The van der Waals surface area contributed by atoms with Gasteiger partial charge in [0.2, 0.25) is 0 Å². The third-order valence-electron chi connectivity index (χ3n) is 4.12. The molecule has 3 nitrogen and oxygen atoms in total. The van der Waals surface area contributed by atoms with Gasteiger partial charge in [-0.25, -0.2) is 4.98 Å². The number of hydrogen-bond donors (Lipinski definition) is 1. The van der Waals surface area contributed by atoms with Gasteiger partial charge in [-0.1, -0.05) is 40.2 Å². The number of fused-ring (bicyclic) bond motifs is 3. The Balaban J connectivity index is 2.14. The van der Waals surface area contributed by atoms with E-state index in [1.165, 1.54) is 0 Å². The number of phenols is 1. The molecule has 0 bridgehead atoms. The molecule has 0 amide bonds. The molecular weight excluding hydrogens is 366 g/mol. The Morgan fingerprint density at radius 3 is 2.50 bits per heavy atom. The predicted molar refractivity (Wildman–Crippen MR) is 101 cm³/mol. The van der Waals surface area contributed by atoms with E-state index in [9.17, 15) is 5.11 Å². The van der Waals surface area contributed by atoms with Crippen LogP contribution in [-0.4, -0.2) is 17.2 Å². The highest BCUT2D eigenvalue weighted by atomic mass is 79.9. The van der Waals surface area contributed by atoms with Crippen LogP contribution in [0.15, 0.2) is 65.1 Å². The second-order valence-electron chi connectivity index (χ2n) is 5.55. The minimum Gasteiger partial charge on any atom is -0.507 e. The Morgan fingerprint density at radius 2 is 1.71 bits per heavy atom. The molecule has 1 N–H and O–H groups in total. The quantitative estimate of drug-likeness (QED) is 0.465. The lowest BCUT2D eigenvalue weighted by atomic mass is 9.99. The topological polar surface area (TPSA) is 42.4 Å². The maximum atomic E-state index is 10.3. The minimum absolute atomic E-state index is 0.212. The normalized spacial score (nSPS) is 11.1. The Morgan fingerprint density at radius 1 is 0.917 bits per heavy atom. The van der Waals surface area contributed by atoms with Crippen molar-refractivity contribution in [1.82, 2.24) is 4.98 Å². The molecule has 118 valence electrons. The molecule has 0 saturated carbocycles. The third-order valence-corrected chi connectivity index (χ3v) is 4.62. The highest BCUT2D eigenvalue weighted by molar-refractivity contribution is 9.10. The molecule has 0 aliphatic carbocycles. The second-order valence-corrected chi connectivity index (χ2v) is 6.47. The van der Waals surface area contributed by atoms with E-state index in [0.29, 0.717) is 5.56 Å². The van der Waals surface area contributed by atoms with Crippen LogP contribution in [0.5, 0.6) is 11.5 Å². The SMILES string of the molecule is COc1ccc2nc(-c3cc(Br)ccc3O)c3ccccc3c2c1. The second kappa shape index (κ2) is 5.80. The number of pyridine rings is 1. The van der Waals surface area contributed by atoms with Crippen molar-refractivity contribution in [2.75, 3.05) is 7.11 Å². The molecule has 0 unspecified atom stereocenters. The summed E-state index contributed by atoms with van der Waals surface area (Å²) in [6.45, 7) is 0. The summed E-state index contributed by atoms with van der Waals surface area (Å²) in [5.41, 5.74) is 2.34. The Bertz CT molecular complexity index is 1080. The first-order valence-corrected chi connectivity index (χ1v) is 8.32. The number of aromatic nitrogens is 1. The third kappa shape index (κ3) is 2.39. The fourth-order valence-corrected chi connectivity index (χ4v) is 3.32. The predicted octanol–water partition coefficient (Wildman–Crippen LogP) is 5.53. The number of nitrogens with zero attached hydrogens (tertiary/aromatic N) is 1. The van der Waals surface area contributed by atoms with Gasteiger partial charge in [-0.3, -0.25) is 0 Å². The van der Waals surface area contributed by atoms with Crippen LogP contribution >= 0.6 is 15.9 Å². The van der Waals surface area contributed by atoms with E-state index in [1.54, 1.807) is 13.2 Å². The largest absolute Gasteiger partial charge is 0.507 e. The summed E-state index contributed by atoms with van der Waals surface area (Å²) in [4.78, 5) is 4.81. The highest BCUT2D eigenvalue weighted by Gasteiger charge is 2.14. The zero-order chi connectivity index (χ0) is 16.7. The number of rotatable bonds is 2. The van der Waals surface area contributed by atoms with Gasteiger partial charge >= 0.3 is 0 Å². The molecule has 0 saturated heterocycles. The fourth-order valence-electron chi connectivity index (χ4n) is 2.96. The standard InChI is InChI=1S/C20H14BrNO2/c1-24-13-7-8-18-16(11-13)14-4-2-3-5-15(14)20(22-18)17-10-12(21)6-9-19(17)23/h2-11,23H,1H3. The van der Waals surface area contributed by atoms with Gasteiger partial charge < -0.3 is 9.84 Å². The maximum Gasteiger partial charge on any atom is 0.125 e. The van der Waals surface area contributed by atoms with E-state index in [2.05, 4.69) is 22.0 Å². The molecular formula is C20H14BrNO2.